The van der Waals surface area contributed by atoms with Gasteiger partial charge in [-0.3, -0.25) is 10.1 Å². The number of anilines is 1. The van der Waals surface area contributed by atoms with Crippen LogP contribution in [-0.2, 0) is 0 Å². The lowest BCUT2D eigenvalue weighted by Crippen LogP contribution is -2.57. The Labute approximate surface area is 114 Å². The van der Waals surface area contributed by atoms with Crippen LogP contribution in [0.1, 0.15) is 30.6 Å². The molecule has 20 heavy (non-hydrogen) atoms. The Morgan fingerprint density at radius 3 is 2.70 bits per heavy atom. The molecule has 0 radical (unpaired) electrons. The maximum Gasteiger partial charge on any atom is 0.342 e. The summed E-state index contributed by atoms with van der Waals surface area (Å²) in [6.07, 6.45) is 1.01. The molecule has 0 aromatic carbocycles. The number of rotatable bonds is 4. The number of pyridine rings is 1. The number of nitrogens with one attached hydrogen (secondary N) is 1. The standard InChI is InChI=1S/C12H15N3O5/c1-12(2)8(4-9(12)16)14-10-3-6(11(17)18)7(5-13-10)15(19)20/h3,5,8-9,16H,4H2,1-2H3,(H,13,14)(H,17,18). The number of hydrogen-bond donors (Lipinski definition) is 3. The van der Waals surface area contributed by atoms with E-state index < -0.39 is 28.2 Å². The van der Waals surface area contributed by atoms with E-state index in [2.05, 4.69) is 10.3 Å². The summed E-state index contributed by atoms with van der Waals surface area (Å²) in [6, 6.07) is 1.08. The van der Waals surface area contributed by atoms with Gasteiger partial charge in [0.25, 0.3) is 0 Å². The molecule has 0 aliphatic heterocycles. The Balaban J connectivity index is 2.25. The first-order chi connectivity index (χ1) is 9.23. The highest BCUT2D eigenvalue weighted by atomic mass is 16.6. The maximum absolute atomic E-state index is 11.0. The van der Waals surface area contributed by atoms with E-state index in [9.17, 15) is 20.0 Å². The molecule has 1 aliphatic rings. The lowest BCUT2D eigenvalue weighted by atomic mass is 9.64. The van der Waals surface area contributed by atoms with Gasteiger partial charge < -0.3 is 15.5 Å². The van der Waals surface area contributed by atoms with Crippen LogP contribution in [0.25, 0.3) is 0 Å². The van der Waals surface area contributed by atoms with E-state index in [0.717, 1.165) is 12.3 Å². The van der Waals surface area contributed by atoms with Gasteiger partial charge in [-0.15, -0.1) is 0 Å². The van der Waals surface area contributed by atoms with Crippen LogP contribution >= 0.6 is 0 Å². The van der Waals surface area contributed by atoms with Crippen molar-refractivity contribution in [3.8, 4) is 0 Å². The lowest BCUT2D eigenvalue weighted by molar-refractivity contribution is -0.385. The number of carbonyl (C=O) groups is 1. The summed E-state index contributed by atoms with van der Waals surface area (Å²) >= 11 is 0. The van der Waals surface area contributed by atoms with E-state index in [4.69, 9.17) is 5.11 Å². The van der Waals surface area contributed by atoms with Crippen LogP contribution in [0.2, 0.25) is 0 Å². The summed E-state index contributed by atoms with van der Waals surface area (Å²) in [5, 5.41) is 32.4. The minimum Gasteiger partial charge on any atom is -0.477 e. The third kappa shape index (κ3) is 2.29. The Morgan fingerprint density at radius 1 is 1.60 bits per heavy atom. The molecule has 2 unspecified atom stereocenters. The number of aromatic carboxylic acids is 1. The van der Waals surface area contributed by atoms with Gasteiger partial charge in [0.05, 0.1) is 11.0 Å². The molecule has 0 bridgehead atoms. The van der Waals surface area contributed by atoms with Gasteiger partial charge in [-0.05, 0) is 6.42 Å². The highest BCUT2D eigenvalue weighted by molar-refractivity contribution is 5.93. The molecular weight excluding hydrogens is 266 g/mol. The van der Waals surface area contributed by atoms with Crippen molar-refractivity contribution in [2.75, 3.05) is 5.32 Å². The SMILES string of the molecule is CC1(C)C(O)CC1Nc1cc(C(=O)O)c([N+](=O)[O-])cn1. The quantitative estimate of drug-likeness (QED) is 0.560. The Morgan fingerprint density at radius 2 is 2.25 bits per heavy atom. The number of nitrogens with zero attached hydrogens (tertiary/aromatic N) is 2. The number of aliphatic hydroxyl groups is 1. The summed E-state index contributed by atoms with van der Waals surface area (Å²) in [5.74, 6) is -1.13. The molecule has 0 spiro atoms. The summed E-state index contributed by atoms with van der Waals surface area (Å²) in [6.45, 7) is 3.75. The van der Waals surface area contributed by atoms with Crippen molar-refractivity contribution in [1.82, 2.24) is 4.98 Å². The molecule has 1 aromatic rings. The molecule has 0 amide bonds. The van der Waals surface area contributed by atoms with Crippen LogP contribution in [0.15, 0.2) is 12.3 Å². The van der Waals surface area contributed by atoms with E-state index in [1.165, 1.54) is 0 Å². The molecule has 0 saturated heterocycles. The van der Waals surface area contributed by atoms with Gasteiger partial charge in [0.15, 0.2) is 0 Å². The highest BCUT2D eigenvalue weighted by Crippen LogP contribution is 2.42. The summed E-state index contributed by atoms with van der Waals surface area (Å²) in [4.78, 5) is 24.8. The van der Waals surface area contributed by atoms with Gasteiger partial charge in [0.1, 0.15) is 17.6 Å². The van der Waals surface area contributed by atoms with Crippen LogP contribution in [-0.4, -0.2) is 38.2 Å². The number of aromatic nitrogens is 1. The molecule has 1 heterocycles. The van der Waals surface area contributed by atoms with Gasteiger partial charge in [0, 0.05) is 17.5 Å². The third-order valence-electron chi connectivity index (χ3n) is 3.85. The number of aliphatic hydroxyl groups excluding tert-OH is 1. The number of carboxylic acid groups (broad SMARTS) is 1. The van der Waals surface area contributed by atoms with Gasteiger partial charge in [-0.1, -0.05) is 13.8 Å². The largest absolute Gasteiger partial charge is 0.477 e. The first-order valence-corrected chi connectivity index (χ1v) is 6.06. The molecule has 1 saturated carbocycles. The number of carboxylic acids is 1. The molecule has 1 fully saturated rings. The second kappa shape index (κ2) is 4.71. The van der Waals surface area contributed by atoms with Crippen molar-refractivity contribution < 1.29 is 19.9 Å². The van der Waals surface area contributed by atoms with E-state index in [1.54, 1.807) is 0 Å². The van der Waals surface area contributed by atoms with Crippen LogP contribution in [0.5, 0.6) is 0 Å². The van der Waals surface area contributed by atoms with Gasteiger partial charge in [-0.25, -0.2) is 9.78 Å². The molecule has 1 aromatic heterocycles. The average molecular weight is 281 g/mol. The summed E-state index contributed by atoms with van der Waals surface area (Å²) in [7, 11) is 0. The minimum absolute atomic E-state index is 0.0619. The van der Waals surface area contributed by atoms with Gasteiger partial charge in [0.2, 0.25) is 0 Å². The fourth-order valence-corrected chi connectivity index (χ4v) is 2.17. The summed E-state index contributed by atoms with van der Waals surface area (Å²) < 4.78 is 0. The first kappa shape index (κ1) is 14.2. The topological polar surface area (TPSA) is 126 Å². The van der Waals surface area contributed by atoms with Gasteiger partial charge >= 0.3 is 11.7 Å². The Bertz CT molecular complexity index is 572. The van der Waals surface area contributed by atoms with Crippen LogP contribution < -0.4 is 5.32 Å². The van der Waals surface area contributed by atoms with Crippen molar-refractivity contribution in [3.63, 3.8) is 0 Å². The van der Waals surface area contributed by atoms with Crippen molar-refractivity contribution >= 4 is 17.5 Å². The zero-order chi connectivity index (χ0) is 15.1. The zero-order valence-corrected chi connectivity index (χ0v) is 11.0. The van der Waals surface area contributed by atoms with Crippen molar-refractivity contribution in [2.45, 2.75) is 32.4 Å². The van der Waals surface area contributed by atoms with Crippen LogP contribution in [0.4, 0.5) is 11.5 Å². The molecule has 108 valence electrons. The highest BCUT2D eigenvalue weighted by Gasteiger charge is 2.47. The molecule has 3 N–H and O–H groups in total. The monoisotopic (exact) mass is 281 g/mol. The normalized spacial score (nSPS) is 23.8. The van der Waals surface area contributed by atoms with E-state index in [1.807, 2.05) is 13.8 Å². The van der Waals surface area contributed by atoms with Crippen LogP contribution in [0.3, 0.4) is 0 Å². The van der Waals surface area contributed by atoms with E-state index >= 15 is 0 Å². The maximum atomic E-state index is 11.0. The molecule has 8 nitrogen and oxygen atoms in total. The molecule has 2 atom stereocenters. The molecule has 1 aliphatic carbocycles. The van der Waals surface area contributed by atoms with Gasteiger partial charge in [-0.2, -0.15) is 0 Å². The first-order valence-electron chi connectivity index (χ1n) is 6.06. The number of hydrogen-bond acceptors (Lipinski definition) is 6. The molecule has 2 rings (SSSR count). The Hall–Kier alpha value is -2.22. The molecular formula is C12H15N3O5. The minimum atomic E-state index is -1.38. The lowest BCUT2D eigenvalue weighted by Gasteiger charge is -2.49. The third-order valence-corrected chi connectivity index (χ3v) is 3.85. The fourth-order valence-electron chi connectivity index (χ4n) is 2.17. The van der Waals surface area contributed by atoms with E-state index in [0.29, 0.717) is 6.42 Å². The predicted molar refractivity (Wildman–Crippen MR) is 69.7 cm³/mol. The van der Waals surface area contributed by atoms with Crippen molar-refractivity contribution in [2.24, 2.45) is 5.41 Å². The smallest absolute Gasteiger partial charge is 0.342 e. The number of nitro groups is 1. The van der Waals surface area contributed by atoms with E-state index in [-0.39, 0.29) is 17.3 Å². The second-order valence-corrected chi connectivity index (χ2v) is 5.42. The molecule has 8 heteroatoms. The summed E-state index contributed by atoms with van der Waals surface area (Å²) in [5.41, 5.74) is -1.31. The van der Waals surface area contributed by atoms with Crippen LogP contribution in [0, 0.1) is 15.5 Å². The predicted octanol–water partition coefficient (Wildman–Crippen LogP) is 1.26. The Kier molecular flexibility index (Phi) is 3.34. The zero-order valence-electron chi connectivity index (χ0n) is 11.0. The average Bonchev–Trinajstić information content (AvgIpc) is 2.38. The second-order valence-electron chi connectivity index (χ2n) is 5.42. The fraction of sp³-hybridized carbons (Fsp3) is 0.500. The van der Waals surface area contributed by atoms with Crippen molar-refractivity contribution in [1.29, 1.82) is 0 Å². The van der Waals surface area contributed by atoms with Crippen molar-refractivity contribution in [3.05, 3.63) is 27.9 Å².